The van der Waals surface area contributed by atoms with Gasteiger partial charge in [0.1, 0.15) is 0 Å². The molecule has 0 saturated carbocycles. The van der Waals surface area contributed by atoms with Crippen LogP contribution in [0.5, 0.6) is 5.88 Å². The van der Waals surface area contributed by atoms with E-state index in [-0.39, 0.29) is 24.9 Å². The van der Waals surface area contributed by atoms with Crippen LogP contribution in [0.1, 0.15) is 32.7 Å². The Bertz CT molecular complexity index is 1160. The number of ether oxygens (including phenoxy) is 1. The quantitative estimate of drug-likeness (QED) is 0.623. The Balaban J connectivity index is 1.56. The maximum atomic E-state index is 12.9. The Morgan fingerprint density at radius 1 is 1.22 bits per heavy atom. The summed E-state index contributed by atoms with van der Waals surface area (Å²) in [6.45, 7) is 4.69. The van der Waals surface area contributed by atoms with Gasteiger partial charge in [-0.05, 0) is 37.1 Å². The number of nitrogens with zero attached hydrogens (tertiary/aromatic N) is 3. The van der Waals surface area contributed by atoms with Crippen molar-refractivity contribution in [3.8, 4) is 5.88 Å². The van der Waals surface area contributed by atoms with Gasteiger partial charge in [-0.3, -0.25) is 9.59 Å². The molecule has 32 heavy (non-hydrogen) atoms. The summed E-state index contributed by atoms with van der Waals surface area (Å²) in [5.74, 6) is 0.708. The number of rotatable bonds is 6. The summed E-state index contributed by atoms with van der Waals surface area (Å²) in [6.07, 6.45) is 1.51. The van der Waals surface area contributed by atoms with E-state index < -0.39 is 0 Å². The standard InChI is InChI=1S/C24H25N5O3/c1-15-9-16(2)28-24(32-3)19(15)12-27-23(31)18-10-20-22(25-11-18)26-13-21(30)29(20)14-17-7-5-4-6-8-17/h4-11H,12-14H2,1-3H3,(H,25,26)(H,27,31). The van der Waals surface area contributed by atoms with Gasteiger partial charge in [0.25, 0.3) is 5.91 Å². The summed E-state index contributed by atoms with van der Waals surface area (Å²) >= 11 is 0. The predicted molar refractivity (Wildman–Crippen MR) is 122 cm³/mol. The van der Waals surface area contributed by atoms with Crippen LogP contribution in [0.25, 0.3) is 0 Å². The number of anilines is 2. The normalized spacial score (nSPS) is 12.7. The third-order valence-corrected chi connectivity index (χ3v) is 5.37. The molecule has 2 amide bonds. The third-order valence-electron chi connectivity index (χ3n) is 5.37. The average molecular weight is 431 g/mol. The number of amides is 2. The molecule has 2 aromatic heterocycles. The number of carbonyl (C=O) groups is 2. The Hall–Kier alpha value is -3.94. The van der Waals surface area contributed by atoms with Gasteiger partial charge in [-0.25, -0.2) is 9.97 Å². The lowest BCUT2D eigenvalue weighted by molar-refractivity contribution is -0.117. The topological polar surface area (TPSA) is 96.4 Å². The number of pyridine rings is 2. The van der Waals surface area contributed by atoms with Crippen molar-refractivity contribution in [3.63, 3.8) is 0 Å². The van der Waals surface area contributed by atoms with Crippen LogP contribution in [-0.4, -0.2) is 35.4 Å². The Morgan fingerprint density at radius 2 is 2.00 bits per heavy atom. The third kappa shape index (κ3) is 4.39. The molecule has 0 unspecified atom stereocenters. The van der Waals surface area contributed by atoms with Gasteiger partial charge < -0.3 is 20.3 Å². The fraction of sp³-hybridized carbons (Fsp3) is 0.250. The zero-order chi connectivity index (χ0) is 22.7. The fourth-order valence-corrected chi connectivity index (χ4v) is 3.73. The molecule has 0 radical (unpaired) electrons. The number of benzene rings is 1. The first-order valence-electron chi connectivity index (χ1n) is 10.3. The largest absolute Gasteiger partial charge is 0.481 e. The lowest BCUT2D eigenvalue weighted by Gasteiger charge is -2.29. The molecular formula is C24H25N5O3. The number of hydrogen-bond donors (Lipinski definition) is 2. The highest BCUT2D eigenvalue weighted by Gasteiger charge is 2.26. The predicted octanol–water partition coefficient (Wildman–Crippen LogP) is 2.99. The van der Waals surface area contributed by atoms with Gasteiger partial charge in [0.2, 0.25) is 11.8 Å². The van der Waals surface area contributed by atoms with Crippen LogP contribution in [-0.2, 0) is 17.9 Å². The van der Waals surface area contributed by atoms with E-state index in [9.17, 15) is 9.59 Å². The van der Waals surface area contributed by atoms with Crippen LogP contribution in [0.15, 0.2) is 48.7 Å². The lowest BCUT2D eigenvalue weighted by atomic mass is 10.1. The van der Waals surface area contributed by atoms with Crippen LogP contribution in [0, 0.1) is 13.8 Å². The molecule has 2 N–H and O–H groups in total. The first kappa shape index (κ1) is 21.3. The summed E-state index contributed by atoms with van der Waals surface area (Å²) in [7, 11) is 1.56. The molecule has 1 aliphatic heterocycles. The monoisotopic (exact) mass is 431 g/mol. The fourth-order valence-electron chi connectivity index (χ4n) is 3.73. The molecule has 8 heteroatoms. The van der Waals surface area contributed by atoms with Crippen molar-refractivity contribution in [3.05, 3.63) is 76.6 Å². The van der Waals surface area contributed by atoms with Crippen LogP contribution >= 0.6 is 0 Å². The molecule has 0 fully saturated rings. The molecule has 0 aliphatic carbocycles. The van der Waals surface area contributed by atoms with E-state index in [0.717, 1.165) is 22.4 Å². The SMILES string of the molecule is COc1nc(C)cc(C)c1CNC(=O)c1cnc2c(c1)N(Cc1ccccc1)C(=O)CN2. The molecular weight excluding hydrogens is 406 g/mol. The molecule has 164 valence electrons. The molecule has 1 aromatic carbocycles. The zero-order valence-electron chi connectivity index (χ0n) is 18.3. The molecule has 0 atom stereocenters. The highest BCUT2D eigenvalue weighted by atomic mass is 16.5. The van der Waals surface area contributed by atoms with Gasteiger partial charge in [-0.15, -0.1) is 0 Å². The number of fused-ring (bicyclic) bond motifs is 1. The van der Waals surface area contributed by atoms with Crippen molar-refractivity contribution >= 4 is 23.3 Å². The van der Waals surface area contributed by atoms with Crippen LogP contribution in [0.3, 0.4) is 0 Å². The molecule has 3 heterocycles. The Kier molecular flexibility index (Phi) is 6.02. The van der Waals surface area contributed by atoms with Crippen molar-refractivity contribution in [2.75, 3.05) is 23.9 Å². The van der Waals surface area contributed by atoms with Crippen LogP contribution in [0.4, 0.5) is 11.5 Å². The molecule has 0 saturated heterocycles. The number of methoxy groups -OCH3 is 1. The zero-order valence-corrected chi connectivity index (χ0v) is 18.3. The van der Waals surface area contributed by atoms with Gasteiger partial charge >= 0.3 is 0 Å². The molecule has 4 rings (SSSR count). The van der Waals surface area contributed by atoms with E-state index in [1.807, 2.05) is 50.2 Å². The van der Waals surface area contributed by atoms with E-state index in [4.69, 9.17) is 4.74 Å². The van der Waals surface area contributed by atoms with Crippen molar-refractivity contribution in [1.29, 1.82) is 0 Å². The second kappa shape index (κ2) is 9.05. The number of nitrogens with one attached hydrogen (secondary N) is 2. The van der Waals surface area contributed by atoms with E-state index in [0.29, 0.717) is 29.5 Å². The summed E-state index contributed by atoms with van der Waals surface area (Å²) < 4.78 is 5.37. The van der Waals surface area contributed by atoms with Gasteiger partial charge in [0, 0.05) is 24.0 Å². The van der Waals surface area contributed by atoms with Gasteiger partial charge in [-0.1, -0.05) is 30.3 Å². The van der Waals surface area contributed by atoms with Gasteiger partial charge in [0.15, 0.2) is 5.82 Å². The Morgan fingerprint density at radius 3 is 2.75 bits per heavy atom. The smallest absolute Gasteiger partial charge is 0.253 e. The van der Waals surface area contributed by atoms with Crippen molar-refractivity contribution in [2.24, 2.45) is 0 Å². The molecule has 0 bridgehead atoms. The summed E-state index contributed by atoms with van der Waals surface area (Å²) in [4.78, 5) is 35.9. The number of hydrogen-bond acceptors (Lipinski definition) is 6. The van der Waals surface area contributed by atoms with Crippen molar-refractivity contribution in [2.45, 2.75) is 26.9 Å². The van der Waals surface area contributed by atoms with E-state index >= 15 is 0 Å². The summed E-state index contributed by atoms with van der Waals surface area (Å²) in [5.41, 5.74) is 4.61. The van der Waals surface area contributed by atoms with Crippen LogP contribution in [0.2, 0.25) is 0 Å². The number of aromatic nitrogens is 2. The first-order valence-corrected chi connectivity index (χ1v) is 10.3. The maximum absolute atomic E-state index is 12.9. The molecule has 3 aromatic rings. The molecule has 8 nitrogen and oxygen atoms in total. The van der Waals surface area contributed by atoms with E-state index in [1.54, 1.807) is 18.1 Å². The van der Waals surface area contributed by atoms with Gasteiger partial charge in [0.05, 0.1) is 31.5 Å². The molecule has 1 aliphatic rings. The lowest BCUT2D eigenvalue weighted by Crippen LogP contribution is -2.40. The van der Waals surface area contributed by atoms with Gasteiger partial charge in [-0.2, -0.15) is 0 Å². The minimum Gasteiger partial charge on any atom is -0.481 e. The minimum absolute atomic E-state index is 0.0770. The summed E-state index contributed by atoms with van der Waals surface area (Å²) in [6, 6.07) is 13.4. The van der Waals surface area contributed by atoms with Crippen LogP contribution < -0.4 is 20.3 Å². The van der Waals surface area contributed by atoms with Crippen molar-refractivity contribution in [1.82, 2.24) is 15.3 Å². The summed E-state index contributed by atoms with van der Waals surface area (Å²) in [5, 5.41) is 5.93. The van der Waals surface area contributed by atoms with Crippen molar-refractivity contribution < 1.29 is 14.3 Å². The number of carbonyl (C=O) groups excluding carboxylic acids is 2. The second-order valence-corrected chi connectivity index (χ2v) is 7.66. The highest BCUT2D eigenvalue weighted by Crippen LogP contribution is 2.30. The minimum atomic E-state index is -0.292. The molecule has 0 spiro atoms. The van der Waals surface area contributed by atoms with E-state index in [2.05, 4.69) is 20.6 Å². The highest BCUT2D eigenvalue weighted by molar-refractivity contribution is 6.04. The van der Waals surface area contributed by atoms with E-state index in [1.165, 1.54) is 6.20 Å². The maximum Gasteiger partial charge on any atom is 0.253 e. The second-order valence-electron chi connectivity index (χ2n) is 7.66. The first-order chi connectivity index (χ1) is 15.5. The Labute approximate surface area is 186 Å². The average Bonchev–Trinajstić information content (AvgIpc) is 2.80. The number of aryl methyl sites for hydroxylation is 2.